The Morgan fingerprint density at radius 2 is 0.437 bits per heavy atom. The molecule has 0 aliphatic rings. The molecule has 0 bridgehead atoms. The van der Waals surface area contributed by atoms with E-state index in [2.05, 4.69) is 326 Å². The first-order valence-corrected chi connectivity index (χ1v) is 42.0. The number of rotatable bonds is 17. The fourth-order valence-electron chi connectivity index (χ4n) is 16.0. The zero-order chi connectivity index (χ0) is 85.4. The Bertz CT molecular complexity index is 6230. The molecular weight excluding hydrogens is 1890 g/mol. The number of nitrogens with zero attached hydrogens (tertiary/aromatic N) is 10. The molecule has 0 saturated heterocycles. The van der Waals surface area contributed by atoms with Crippen LogP contribution in [-0.4, -0.2) is 49.8 Å². The molecule has 9 heterocycles. The normalized spacial score (nSPS) is 11.7. The Balaban J connectivity index is 0.00000585. The van der Waals surface area contributed by atoms with Crippen LogP contribution >= 0.6 is 0 Å². The second kappa shape index (κ2) is 36.0. The van der Waals surface area contributed by atoms with Gasteiger partial charge in [0.15, 0.2) is 0 Å². The smallest absolute Gasteiger partial charge is 0.332 e. The van der Waals surface area contributed by atoms with Crippen molar-refractivity contribution in [1.29, 1.82) is 0 Å². The van der Waals surface area contributed by atoms with Gasteiger partial charge in [-0.05, 0) is 230 Å². The number of benzene rings is 9. The predicted molar refractivity (Wildman–Crippen MR) is 505 cm³/mol. The van der Waals surface area contributed by atoms with Gasteiger partial charge in [0.1, 0.15) is 0 Å². The molecule has 9 aromatic heterocycles. The summed E-state index contributed by atoms with van der Waals surface area (Å²) in [7, 11) is 0. The van der Waals surface area contributed by atoms with Gasteiger partial charge in [-0.15, -0.1) is 119 Å². The van der Waals surface area contributed by atoms with Gasteiger partial charge in [-0.25, -0.2) is 17.7 Å². The SMILES string of the molecule is CC(C)(C)c1ccnc(-c2[c-]cc(-c3ncccc3-c3cc(-c4ccccc4-c4c[c-]c(-c5ncc(-c6ccccc6-c6cc(-c7cccnc7-c7c[c-]c(-c8cc(C(C)(C)C)ccn8)cc7)cc(-c7cccnc7-c7c[c-]c(-c8cc(C(C)(C)C)ccn8)cc7)c6)cn5)[c-]c4)cc(-c4cccnc4-c4c[c-]c(-c5cc(C(C)(C)C)ccn5)cc4)c3)cc2)c1.[Ir+3].[Ir+3]. The number of aromatic nitrogens is 10. The van der Waals surface area contributed by atoms with E-state index in [0.717, 1.165) is 179 Å². The van der Waals surface area contributed by atoms with Crippen molar-refractivity contribution in [2.75, 3.05) is 0 Å². The van der Waals surface area contributed by atoms with Gasteiger partial charge in [-0.1, -0.05) is 208 Å². The molecule has 0 amide bonds. The molecule has 0 aliphatic carbocycles. The monoisotopic (exact) mass is 1980 g/mol. The van der Waals surface area contributed by atoms with Crippen molar-refractivity contribution in [3.63, 3.8) is 0 Å². The summed E-state index contributed by atoms with van der Waals surface area (Å²) in [6.45, 7) is 26.6. The molecule has 0 unspecified atom stereocenters. The fourth-order valence-corrected chi connectivity index (χ4v) is 16.0. The maximum Gasteiger partial charge on any atom is 3.00 e. The molecule has 0 atom stereocenters. The summed E-state index contributed by atoms with van der Waals surface area (Å²) in [6.07, 6.45) is 18.8. The van der Waals surface area contributed by atoms with Crippen LogP contribution in [0.3, 0.4) is 0 Å². The Kier molecular flexibility index (Phi) is 24.6. The van der Waals surface area contributed by atoms with E-state index < -0.39 is 0 Å². The van der Waals surface area contributed by atoms with E-state index >= 15 is 0 Å². The van der Waals surface area contributed by atoms with Gasteiger partial charge in [-0.2, -0.15) is 5.56 Å². The fraction of sp³-hybridized carbons (Fsp3) is 0.140. The van der Waals surface area contributed by atoms with Crippen LogP contribution in [0.5, 0.6) is 0 Å². The summed E-state index contributed by atoms with van der Waals surface area (Å²) in [5.74, 6) is 0.493. The predicted octanol–water partition coefficient (Wildman–Crippen LogP) is 28.0. The van der Waals surface area contributed by atoms with Crippen molar-refractivity contribution in [1.82, 2.24) is 49.8 Å². The third kappa shape index (κ3) is 18.4. The third-order valence-corrected chi connectivity index (χ3v) is 23.0. The van der Waals surface area contributed by atoms with Crippen molar-refractivity contribution < 1.29 is 40.2 Å². The molecule has 0 fully saturated rings. The summed E-state index contributed by atoms with van der Waals surface area (Å²) in [5.41, 5.74) is 34.9. The standard InChI is InChI=1S/C114H90N10.2Ir/c1-111(2,3)90-49-57-115-102(67-90)74-31-39-78(40-32-74)106-98(25-17-53-119-106)85-61-83(62-86(65-85)99-26-18-54-120-107(99)79-41-33-75(34-42-79)103-68-91(50-58-116-103)112(4,5)6)95-22-14-13-21-94(95)73-29-47-82(48-30-73)110-123-71-89(72-124-110)97-24-16-15-23-96(97)84-63-87(100-27-19-55-121-108(100)80-43-35-76(36-44-80)104-69-92(51-59-117-104)113(7,8)9)66-88(64-84)101-28-20-56-122-109(101)81-45-37-77(38-46-81)105-70-93(52-60-118-105)114(10,11)12;;/h13-31,33,35,37,39-46,49-72H,1-12H3;;/q-6;2*+3. The minimum Gasteiger partial charge on any atom is -0.332 e. The molecule has 0 N–H and O–H groups in total. The van der Waals surface area contributed by atoms with Crippen molar-refractivity contribution in [2.24, 2.45) is 0 Å². The average molecular weight is 1980 g/mol. The second-order valence-electron chi connectivity index (χ2n) is 35.7. The Morgan fingerprint density at radius 3 is 0.690 bits per heavy atom. The molecule has 0 radical (unpaired) electrons. The van der Waals surface area contributed by atoms with E-state index in [1.165, 1.54) is 22.3 Å². The number of hydrogen-bond donors (Lipinski definition) is 0. The first-order chi connectivity index (χ1) is 59.9. The maximum absolute atomic E-state index is 5.12. The van der Waals surface area contributed by atoms with E-state index in [1.807, 2.05) is 123 Å². The molecule has 10 nitrogen and oxygen atoms in total. The van der Waals surface area contributed by atoms with Gasteiger partial charge in [-0.3, -0.25) is 32.1 Å². The largest absolute Gasteiger partial charge is 3.00 e. The average Bonchev–Trinajstić information content (AvgIpc) is 0.767. The van der Waals surface area contributed by atoms with Crippen LogP contribution in [0, 0.1) is 36.4 Å². The molecule has 0 saturated carbocycles. The summed E-state index contributed by atoms with van der Waals surface area (Å²) >= 11 is 0. The van der Waals surface area contributed by atoms with E-state index in [-0.39, 0.29) is 61.9 Å². The third-order valence-electron chi connectivity index (χ3n) is 23.0. The van der Waals surface area contributed by atoms with Crippen LogP contribution in [0.15, 0.2) is 329 Å². The van der Waals surface area contributed by atoms with Crippen LogP contribution in [0.2, 0.25) is 0 Å². The van der Waals surface area contributed by atoms with Gasteiger partial charge in [0.25, 0.3) is 0 Å². The van der Waals surface area contributed by atoms with Gasteiger partial charge < -0.3 is 29.9 Å². The van der Waals surface area contributed by atoms with Crippen LogP contribution in [-0.2, 0) is 61.9 Å². The molecule has 126 heavy (non-hydrogen) atoms. The Hall–Kier alpha value is -13.4. The van der Waals surface area contributed by atoms with Crippen molar-refractivity contribution in [2.45, 2.75) is 105 Å². The van der Waals surface area contributed by atoms with Gasteiger partial charge in [0.05, 0.1) is 0 Å². The summed E-state index contributed by atoms with van der Waals surface area (Å²) < 4.78 is 0. The molecule has 12 heteroatoms. The summed E-state index contributed by atoms with van der Waals surface area (Å²) in [4.78, 5) is 49.8. The molecule has 18 aromatic rings. The molecule has 0 spiro atoms. The number of hydrogen-bond acceptors (Lipinski definition) is 10. The topological polar surface area (TPSA) is 129 Å². The zero-order valence-corrected chi connectivity index (χ0v) is 77.1. The molecular formula is C114H90Ir2N10. The van der Waals surface area contributed by atoms with Crippen LogP contribution in [0.25, 0.3) is 190 Å². The molecule has 9 aromatic carbocycles. The minimum atomic E-state index is -0.0352. The van der Waals surface area contributed by atoms with Crippen molar-refractivity contribution >= 4 is 0 Å². The summed E-state index contributed by atoms with van der Waals surface area (Å²) in [5, 5.41) is 0. The molecule has 614 valence electrons. The van der Waals surface area contributed by atoms with Crippen molar-refractivity contribution in [3.05, 3.63) is 388 Å². The number of pyridine rings is 8. The quantitative estimate of drug-likeness (QED) is 0.0813. The van der Waals surface area contributed by atoms with E-state index in [1.54, 1.807) is 0 Å². The van der Waals surface area contributed by atoms with E-state index in [9.17, 15) is 0 Å². The van der Waals surface area contributed by atoms with Crippen LogP contribution < -0.4 is 0 Å². The Morgan fingerprint density at radius 1 is 0.198 bits per heavy atom. The first-order valence-electron chi connectivity index (χ1n) is 42.0. The molecule has 18 rings (SSSR count). The maximum atomic E-state index is 5.12. The molecule has 0 aliphatic heterocycles. The van der Waals surface area contributed by atoms with Crippen molar-refractivity contribution in [3.8, 4) is 190 Å². The van der Waals surface area contributed by atoms with E-state index in [4.69, 9.17) is 49.8 Å². The van der Waals surface area contributed by atoms with Gasteiger partial charge in [0.2, 0.25) is 0 Å². The second-order valence-corrected chi connectivity index (χ2v) is 35.7. The zero-order valence-electron chi connectivity index (χ0n) is 72.3. The van der Waals surface area contributed by atoms with Gasteiger partial charge in [0, 0.05) is 90.3 Å². The van der Waals surface area contributed by atoms with Crippen LogP contribution in [0.4, 0.5) is 0 Å². The van der Waals surface area contributed by atoms with E-state index in [0.29, 0.717) is 11.4 Å². The summed E-state index contributed by atoms with van der Waals surface area (Å²) in [6, 6.07) is 115. The van der Waals surface area contributed by atoms with Crippen LogP contribution in [0.1, 0.15) is 105 Å². The Labute approximate surface area is 766 Å². The van der Waals surface area contributed by atoms with Gasteiger partial charge >= 0.3 is 40.2 Å². The first kappa shape index (κ1) is 86.1. The minimum absolute atomic E-state index is 0.